The third kappa shape index (κ3) is 4.63. The van der Waals surface area contributed by atoms with Crippen molar-refractivity contribution < 1.29 is 9.53 Å². The number of carbonyl (C=O) groups is 1. The highest BCUT2D eigenvalue weighted by Crippen LogP contribution is 2.11. The molecule has 0 unspecified atom stereocenters. The van der Waals surface area contributed by atoms with Crippen LogP contribution >= 0.6 is 11.6 Å². The van der Waals surface area contributed by atoms with E-state index in [1.54, 1.807) is 30.3 Å². The van der Waals surface area contributed by atoms with Gasteiger partial charge in [0.25, 0.3) is 5.91 Å². The first kappa shape index (κ1) is 14.9. The number of nitrogens with zero attached hydrogens (tertiary/aromatic N) is 2. The van der Waals surface area contributed by atoms with Gasteiger partial charge in [-0.1, -0.05) is 25.4 Å². The smallest absolute Gasteiger partial charge is 0.272 e. The van der Waals surface area contributed by atoms with Gasteiger partial charge in [-0.3, -0.25) is 9.78 Å². The summed E-state index contributed by atoms with van der Waals surface area (Å²) in [5.74, 6) is 0.285. The lowest BCUT2D eigenvalue weighted by atomic mass is 10.2. The zero-order valence-electron chi connectivity index (χ0n) is 11.0. The van der Waals surface area contributed by atoms with Gasteiger partial charge >= 0.3 is 0 Å². The van der Waals surface area contributed by atoms with Crippen LogP contribution < -0.4 is 0 Å². The number of rotatable bonds is 6. The summed E-state index contributed by atoms with van der Waals surface area (Å²) in [5, 5.41) is 0.518. The van der Waals surface area contributed by atoms with E-state index >= 15 is 0 Å². The van der Waals surface area contributed by atoms with Gasteiger partial charge in [0, 0.05) is 31.4 Å². The molecule has 0 N–H and O–H groups in total. The molecule has 0 aliphatic carbocycles. The zero-order chi connectivity index (χ0) is 13.5. The first-order valence-electron chi connectivity index (χ1n) is 5.94. The number of ether oxygens (including phenoxy) is 1. The minimum absolute atomic E-state index is 0.108. The van der Waals surface area contributed by atoms with Gasteiger partial charge in [-0.15, -0.1) is 0 Å². The maximum absolute atomic E-state index is 12.3. The predicted octanol–water partition coefficient (Wildman–Crippen LogP) is 2.48. The van der Waals surface area contributed by atoms with E-state index in [4.69, 9.17) is 16.3 Å². The number of methoxy groups -OCH3 is 1. The SMILES string of the molecule is COCCN(CC(C)C)C(=O)c1cc(Cl)ccn1. The predicted molar refractivity (Wildman–Crippen MR) is 71.9 cm³/mol. The Balaban J connectivity index is 2.80. The van der Waals surface area contributed by atoms with Gasteiger partial charge in [-0.25, -0.2) is 0 Å². The molecule has 18 heavy (non-hydrogen) atoms. The van der Waals surface area contributed by atoms with Crippen molar-refractivity contribution >= 4 is 17.5 Å². The van der Waals surface area contributed by atoms with Crippen molar-refractivity contribution in [3.63, 3.8) is 0 Å². The molecule has 0 bridgehead atoms. The van der Waals surface area contributed by atoms with Gasteiger partial charge in [0.15, 0.2) is 0 Å². The molecule has 0 radical (unpaired) electrons. The Kier molecular flexibility index (Phi) is 6.09. The number of pyridine rings is 1. The molecule has 1 aromatic rings. The van der Waals surface area contributed by atoms with E-state index in [0.717, 1.165) is 0 Å². The summed E-state index contributed by atoms with van der Waals surface area (Å²) in [6.07, 6.45) is 1.54. The van der Waals surface area contributed by atoms with E-state index in [1.807, 2.05) is 0 Å². The molecule has 5 heteroatoms. The Morgan fingerprint density at radius 1 is 1.56 bits per heavy atom. The average molecular weight is 271 g/mol. The van der Waals surface area contributed by atoms with E-state index in [0.29, 0.717) is 36.3 Å². The summed E-state index contributed by atoms with van der Waals surface area (Å²) in [7, 11) is 1.62. The Morgan fingerprint density at radius 2 is 2.28 bits per heavy atom. The molecule has 0 fully saturated rings. The van der Waals surface area contributed by atoms with E-state index < -0.39 is 0 Å². The second kappa shape index (κ2) is 7.34. The molecule has 1 heterocycles. The van der Waals surface area contributed by atoms with Gasteiger partial charge in [-0.2, -0.15) is 0 Å². The molecule has 4 nitrogen and oxygen atoms in total. The summed E-state index contributed by atoms with van der Waals surface area (Å²) in [6, 6.07) is 3.24. The molecule has 0 aliphatic rings. The summed E-state index contributed by atoms with van der Waals surface area (Å²) < 4.78 is 5.02. The van der Waals surface area contributed by atoms with Crippen molar-refractivity contribution in [3.05, 3.63) is 29.0 Å². The van der Waals surface area contributed by atoms with Crippen LogP contribution in [0.4, 0.5) is 0 Å². The number of halogens is 1. The second-order valence-corrected chi connectivity index (χ2v) is 4.93. The Bertz CT molecular complexity index is 396. The first-order valence-corrected chi connectivity index (χ1v) is 6.32. The third-order valence-electron chi connectivity index (χ3n) is 2.38. The third-order valence-corrected chi connectivity index (χ3v) is 2.61. The van der Waals surface area contributed by atoms with Crippen LogP contribution in [0.5, 0.6) is 0 Å². The maximum atomic E-state index is 12.3. The topological polar surface area (TPSA) is 42.4 Å². The Hall–Kier alpha value is -1.13. The molecule has 0 aliphatic heterocycles. The monoisotopic (exact) mass is 270 g/mol. The highest BCUT2D eigenvalue weighted by Gasteiger charge is 2.17. The molecule has 100 valence electrons. The van der Waals surface area contributed by atoms with Crippen LogP contribution in [0.25, 0.3) is 0 Å². The van der Waals surface area contributed by atoms with Crippen LogP contribution in [-0.2, 0) is 4.74 Å². The highest BCUT2D eigenvalue weighted by molar-refractivity contribution is 6.30. The van der Waals surface area contributed by atoms with Crippen molar-refractivity contribution in [1.29, 1.82) is 0 Å². The summed E-state index contributed by atoms with van der Waals surface area (Å²) >= 11 is 5.87. The molecule has 1 aromatic heterocycles. The van der Waals surface area contributed by atoms with Crippen LogP contribution in [0, 0.1) is 5.92 Å². The molecule has 1 rings (SSSR count). The molecule has 0 saturated carbocycles. The lowest BCUT2D eigenvalue weighted by molar-refractivity contribution is 0.0666. The lowest BCUT2D eigenvalue weighted by Gasteiger charge is -2.23. The fourth-order valence-electron chi connectivity index (χ4n) is 1.60. The first-order chi connectivity index (χ1) is 8.54. The minimum atomic E-state index is -0.108. The molecule has 0 aromatic carbocycles. The van der Waals surface area contributed by atoms with Crippen molar-refractivity contribution in [2.75, 3.05) is 26.8 Å². The van der Waals surface area contributed by atoms with Gasteiger partial charge in [0.05, 0.1) is 6.61 Å². The van der Waals surface area contributed by atoms with Crippen molar-refractivity contribution in [2.24, 2.45) is 5.92 Å². The number of hydrogen-bond donors (Lipinski definition) is 0. The minimum Gasteiger partial charge on any atom is -0.383 e. The fraction of sp³-hybridized carbons (Fsp3) is 0.538. The standard InChI is InChI=1S/C13H19ClN2O2/c1-10(2)9-16(6-7-18-3)13(17)12-8-11(14)4-5-15-12/h4-5,8,10H,6-7,9H2,1-3H3. The van der Waals surface area contributed by atoms with Gasteiger partial charge in [0.2, 0.25) is 0 Å². The quantitative estimate of drug-likeness (QED) is 0.798. The summed E-state index contributed by atoms with van der Waals surface area (Å²) in [6.45, 7) is 5.88. The van der Waals surface area contributed by atoms with Gasteiger partial charge in [-0.05, 0) is 18.1 Å². The van der Waals surface area contributed by atoms with Crippen LogP contribution in [0.3, 0.4) is 0 Å². The molecule has 0 spiro atoms. The van der Waals surface area contributed by atoms with Crippen LogP contribution in [0.2, 0.25) is 5.02 Å². The van der Waals surface area contributed by atoms with Crippen molar-refractivity contribution in [2.45, 2.75) is 13.8 Å². The van der Waals surface area contributed by atoms with Crippen LogP contribution in [0.15, 0.2) is 18.3 Å². The van der Waals surface area contributed by atoms with Crippen molar-refractivity contribution in [1.82, 2.24) is 9.88 Å². The summed E-state index contributed by atoms with van der Waals surface area (Å²) in [5.41, 5.74) is 0.374. The van der Waals surface area contributed by atoms with E-state index in [2.05, 4.69) is 18.8 Å². The fourth-order valence-corrected chi connectivity index (χ4v) is 1.76. The van der Waals surface area contributed by atoms with Crippen LogP contribution in [0.1, 0.15) is 24.3 Å². The molecule has 0 atom stereocenters. The highest BCUT2D eigenvalue weighted by atomic mass is 35.5. The van der Waals surface area contributed by atoms with E-state index in [9.17, 15) is 4.79 Å². The van der Waals surface area contributed by atoms with Gasteiger partial charge in [0.1, 0.15) is 5.69 Å². The Labute approximate surface area is 113 Å². The molecule has 0 saturated heterocycles. The molecular weight excluding hydrogens is 252 g/mol. The number of aromatic nitrogens is 1. The van der Waals surface area contributed by atoms with Gasteiger partial charge < -0.3 is 9.64 Å². The number of amides is 1. The second-order valence-electron chi connectivity index (χ2n) is 4.50. The maximum Gasteiger partial charge on any atom is 0.272 e. The molecular formula is C13H19ClN2O2. The Morgan fingerprint density at radius 3 is 2.83 bits per heavy atom. The number of hydrogen-bond acceptors (Lipinski definition) is 3. The molecule has 1 amide bonds. The van der Waals surface area contributed by atoms with Crippen LogP contribution in [-0.4, -0.2) is 42.6 Å². The zero-order valence-corrected chi connectivity index (χ0v) is 11.8. The summed E-state index contributed by atoms with van der Waals surface area (Å²) in [4.78, 5) is 18.1. The van der Waals surface area contributed by atoms with E-state index in [-0.39, 0.29) is 5.91 Å². The lowest BCUT2D eigenvalue weighted by Crippen LogP contribution is -2.37. The average Bonchev–Trinajstić information content (AvgIpc) is 2.33. The normalized spacial score (nSPS) is 10.7. The van der Waals surface area contributed by atoms with Crippen molar-refractivity contribution in [3.8, 4) is 0 Å². The largest absolute Gasteiger partial charge is 0.383 e. The number of carbonyl (C=O) groups excluding carboxylic acids is 1. The van der Waals surface area contributed by atoms with E-state index in [1.165, 1.54) is 0 Å².